The minimum Gasteiger partial charge on any atom is -0.392 e. The highest BCUT2D eigenvalue weighted by molar-refractivity contribution is 4.98. The number of aromatic nitrogens is 2. The Hall–Kier alpha value is -0.870. The summed E-state index contributed by atoms with van der Waals surface area (Å²) in [5.41, 5.74) is 1.03. The predicted molar refractivity (Wildman–Crippen MR) is 51.2 cm³/mol. The maximum Gasteiger partial charge on any atom is 0.0764 e. The van der Waals surface area contributed by atoms with Crippen molar-refractivity contribution in [3.8, 4) is 0 Å². The quantitative estimate of drug-likeness (QED) is 0.726. The van der Waals surface area contributed by atoms with Crippen LogP contribution in [0.15, 0.2) is 12.3 Å². The molecule has 0 aliphatic carbocycles. The fourth-order valence-corrected chi connectivity index (χ4v) is 1.34. The summed E-state index contributed by atoms with van der Waals surface area (Å²) in [7, 11) is 3.87. The van der Waals surface area contributed by atoms with Crippen LogP contribution in [0.1, 0.15) is 12.6 Å². The molecule has 74 valence electrons. The lowest BCUT2D eigenvalue weighted by atomic mass is 10.3. The van der Waals surface area contributed by atoms with Crippen LogP contribution in [0.4, 0.5) is 0 Å². The van der Waals surface area contributed by atoms with Crippen LogP contribution in [0.3, 0.4) is 0 Å². The van der Waals surface area contributed by atoms with E-state index in [2.05, 4.69) is 5.10 Å². The number of hydrogen-bond acceptors (Lipinski definition) is 3. The van der Waals surface area contributed by atoms with E-state index in [0.29, 0.717) is 6.54 Å². The van der Waals surface area contributed by atoms with Crippen LogP contribution >= 0.6 is 0 Å². The van der Waals surface area contributed by atoms with E-state index in [1.54, 1.807) is 11.6 Å². The fourth-order valence-electron chi connectivity index (χ4n) is 1.34. The smallest absolute Gasteiger partial charge is 0.0764 e. The molecule has 0 saturated carbocycles. The Morgan fingerprint density at radius 1 is 1.69 bits per heavy atom. The van der Waals surface area contributed by atoms with Crippen molar-refractivity contribution < 1.29 is 5.11 Å². The minimum atomic E-state index is -0.284. The maximum atomic E-state index is 9.14. The summed E-state index contributed by atoms with van der Waals surface area (Å²) in [5, 5.41) is 13.4. The van der Waals surface area contributed by atoms with E-state index in [1.807, 2.05) is 31.3 Å². The molecule has 0 amide bonds. The third-order valence-electron chi connectivity index (χ3n) is 1.78. The molecule has 13 heavy (non-hydrogen) atoms. The SMILES string of the molecule is CC(O)CN(C)Cc1ccn(C)n1. The molecule has 1 rings (SSSR count). The number of aryl methyl sites for hydroxylation is 1. The highest BCUT2D eigenvalue weighted by atomic mass is 16.3. The molecule has 4 heteroatoms. The van der Waals surface area contributed by atoms with Crippen molar-refractivity contribution >= 4 is 0 Å². The number of hydrogen-bond donors (Lipinski definition) is 1. The van der Waals surface area contributed by atoms with Gasteiger partial charge in [-0.1, -0.05) is 0 Å². The van der Waals surface area contributed by atoms with Crippen molar-refractivity contribution in [2.24, 2.45) is 7.05 Å². The van der Waals surface area contributed by atoms with Gasteiger partial charge in [0.25, 0.3) is 0 Å². The summed E-state index contributed by atoms with van der Waals surface area (Å²) in [4.78, 5) is 2.05. The average Bonchev–Trinajstić information content (AvgIpc) is 2.33. The van der Waals surface area contributed by atoms with Gasteiger partial charge in [-0.3, -0.25) is 9.58 Å². The molecule has 1 unspecified atom stereocenters. The maximum absolute atomic E-state index is 9.14. The largest absolute Gasteiger partial charge is 0.392 e. The van der Waals surface area contributed by atoms with Gasteiger partial charge in [0.15, 0.2) is 0 Å². The predicted octanol–water partition coefficient (Wildman–Crippen LogP) is 0.233. The molecule has 1 N–H and O–H groups in total. The molecule has 0 bridgehead atoms. The highest BCUT2D eigenvalue weighted by Gasteiger charge is 2.05. The van der Waals surface area contributed by atoms with Crippen molar-refractivity contribution in [2.75, 3.05) is 13.6 Å². The molecule has 1 atom stereocenters. The molecule has 1 aromatic heterocycles. The lowest BCUT2D eigenvalue weighted by Crippen LogP contribution is -2.26. The molecule has 0 radical (unpaired) electrons. The molecule has 1 heterocycles. The Morgan fingerprint density at radius 2 is 2.38 bits per heavy atom. The topological polar surface area (TPSA) is 41.3 Å². The summed E-state index contributed by atoms with van der Waals surface area (Å²) in [5.74, 6) is 0. The summed E-state index contributed by atoms with van der Waals surface area (Å²) in [6, 6.07) is 1.98. The van der Waals surface area contributed by atoms with Crippen molar-refractivity contribution in [1.29, 1.82) is 0 Å². The summed E-state index contributed by atoms with van der Waals surface area (Å²) in [6.07, 6.45) is 1.64. The first-order chi connectivity index (χ1) is 6.08. The van der Waals surface area contributed by atoms with Crippen LogP contribution < -0.4 is 0 Å². The van der Waals surface area contributed by atoms with Crippen LogP contribution in [0.25, 0.3) is 0 Å². The van der Waals surface area contributed by atoms with E-state index in [1.165, 1.54) is 0 Å². The van der Waals surface area contributed by atoms with Gasteiger partial charge in [0, 0.05) is 26.3 Å². The van der Waals surface area contributed by atoms with Gasteiger partial charge in [-0.05, 0) is 20.0 Å². The van der Waals surface area contributed by atoms with Gasteiger partial charge in [0.2, 0.25) is 0 Å². The van der Waals surface area contributed by atoms with Crippen molar-refractivity contribution in [1.82, 2.24) is 14.7 Å². The second kappa shape index (κ2) is 4.39. The number of rotatable bonds is 4. The van der Waals surface area contributed by atoms with E-state index >= 15 is 0 Å². The molecule has 0 aromatic carbocycles. The zero-order valence-electron chi connectivity index (χ0n) is 8.44. The molecule has 0 fully saturated rings. The lowest BCUT2D eigenvalue weighted by Gasteiger charge is -2.16. The van der Waals surface area contributed by atoms with Gasteiger partial charge in [0.05, 0.1) is 11.8 Å². The monoisotopic (exact) mass is 183 g/mol. The second-order valence-corrected chi connectivity index (χ2v) is 3.53. The van der Waals surface area contributed by atoms with Gasteiger partial charge in [-0.2, -0.15) is 5.10 Å². The normalized spacial score (nSPS) is 13.6. The van der Waals surface area contributed by atoms with E-state index in [-0.39, 0.29) is 6.10 Å². The Labute approximate surface area is 78.8 Å². The van der Waals surface area contributed by atoms with Crippen LogP contribution in [-0.2, 0) is 13.6 Å². The first-order valence-corrected chi connectivity index (χ1v) is 4.43. The van der Waals surface area contributed by atoms with E-state index in [0.717, 1.165) is 12.2 Å². The fraction of sp³-hybridized carbons (Fsp3) is 0.667. The molecule has 0 aliphatic rings. The standard InChI is InChI=1S/C9H17N3O/c1-8(13)6-11(2)7-9-4-5-12(3)10-9/h4-5,8,13H,6-7H2,1-3H3. The van der Waals surface area contributed by atoms with E-state index < -0.39 is 0 Å². The summed E-state index contributed by atoms with van der Waals surface area (Å²) >= 11 is 0. The van der Waals surface area contributed by atoms with E-state index in [9.17, 15) is 0 Å². The van der Waals surface area contributed by atoms with Gasteiger partial charge < -0.3 is 5.11 Å². The molecular weight excluding hydrogens is 166 g/mol. The Bertz CT molecular complexity index is 257. The average molecular weight is 183 g/mol. The lowest BCUT2D eigenvalue weighted by molar-refractivity contribution is 0.137. The van der Waals surface area contributed by atoms with Crippen molar-refractivity contribution in [3.05, 3.63) is 18.0 Å². The summed E-state index contributed by atoms with van der Waals surface area (Å²) in [6.45, 7) is 3.25. The van der Waals surface area contributed by atoms with Crippen LogP contribution in [-0.4, -0.2) is 39.5 Å². The van der Waals surface area contributed by atoms with E-state index in [4.69, 9.17) is 5.11 Å². The second-order valence-electron chi connectivity index (χ2n) is 3.53. The first kappa shape index (κ1) is 10.2. The van der Waals surface area contributed by atoms with Gasteiger partial charge in [-0.25, -0.2) is 0 Å². The molecule has 0 aliphatic heterocycles. The van der Waals surface area contributed by atoms with Gasteiger partial charge in [0.1, 0.15) is 0 Å². The molecule has 4 nitrogen and oxygen atoms in total. The Balaban J connectivity index is 2.40. The molecular formula is C9H17N3O. The molecule has 0 spiro atoms. The van der Waals surface area contributed by atoms with Gasteiger partial charge >= 0.3 is 0 Å². The van der Waals surface area contributed by atoms with Crippen molar-refractivity contribution in [3.63, 3.8) is 0 Å². The molecule has 1 aromatic rings. The van der Waals surface area contributed by atoms with Crippen LogP contribution in [0, 0.1) is 0 Å². The number of likely N-dealkylation sites (N-methyl/N-ethyl adjacent to an activating group) is 1. The third kappa shape index (κ3) is 3.57. The third-order valence-corrected chi connectivity index (χ3v) is 1.78. The summed E-state index contributed by atoms with van der Waals surface area (Å²) < 4.78 is 1.78. The number of nitrogens with zero attached hydrogens (tertiary/aromatic N) is 3. The Morgan fingerprint density at radius 3 is 2.85 bits per heavy atom. The van der Waals surface area contributed by atoms with Crippen LogP contribution in [0.5, 0.6) is 0 Å². The zero-order chi connectivity index (χ0) is 9.84. The number of aliphatic hydroxyl groups is 1. The zero-order valence-corrected chi connectivity index (χ0v) is 8.44. The first-order valence-electron chi connectivity index (χ1n) is 4.43. The van der Waals surface area contributed by atoms with Gasteiger partial charge in [-0.15, -0.1) is 0 Å². The minimum absolute atomic E-state index is 0.284. The molecule has 0 saturated heterocycles. The highest BCUT2D eigenvalue weighted by Crippen LogP contribution is 1.99. The number of aliphatic hydroxyl groups excluding tert-OH is 1. The van der Waals surface area contributed by atoms with Crippen molar-refractivity contribution in [2.45, 2.75) is 19.6 Å². The van der Waals surface area contributed by atoms with Crippen LogP contribution in [0.2, 0.25) is 0 Å². The Kier molecular flexibility index (Phi) is 3.45.